The lowest BCUT2D eigenvalue weighted by atomic mass is 10.1. The molecule has 1 rings (SSSR count). The first kappa shape index (κ1) is 10.3. The van der Waals surface area contributed by atoms with Crippen LogP contribution in [-0.2, 0) is 0 Å². The summed E-state index contributed by atoms with van der Waals surface area (Å²) in [6.07, 6.45) is 0. The van der Waals surface area contributed by atoms with Gasteiger partial charge in [-0.2, -0.15) is 0 Å². The van der Waals surface area contributed by atoms with Crippen LogP contribution in [0.5, 0.6) is 5.75 Å². The molecule has 0 unspecified atom stereocenters. The number of ether oxygens (including phenoxy) is 1. The third-order valence-corrected chi connectivity index (χ3v) is 2.43. The predicted molar refractivity (Wildman–Crippen MR) is 55.4 cm³/mol. The van der Waals surface area contributed by atoms with E-state index in [0.29, 0.717) is 5.56 Å². The number of ketones is 1. The number of carbonyl (C=O) groups is 1. The van der Waals surface area contributed by atoms with Gasteiger partial charge in [-0.3, -0.25) is 4.79 Å². The highest BCUT2D eigenvalue weighted by Crippen LogP contribution is 2.29. The van der Waals surface area contributed by atoms with Crippen LogP contribution in [0.1, 0.15) is 22.8 Å². The van der Waals surface area contributed by atoms with E-state index in [1.54, 1.807) is 20.1 Å². The van der Waals surface area contributed by atoms with E-state index < -0.39 is 0 Å². The van der Waals surface area contributed by atoms with Gasteiger partial charge in [-0.05, 0) is 47.5 Å². The molecule has 1 aromatic rings. The van der Waals surface area contributed by atoms with Gasteiger partial charge in [0, 0.05) is 5.56 Å². The maximum absolute atomic E-state index is 11.1. The van der Waals surface area contributed by atoms with Crippen molar-refractivity contribution in [2.75, 3.05) is 7.11 Å². The number of halogens is 1. The smallest absolute Gasteiger partial charge is 0.159 e. The lowest BCUT2D eigenvalue weighted by Crippen LogP contribution is -1.96. The van der Waals surface area contributed by atoms with Crippen LogP contribution in [0.2, 0.25) is 0 Å². The van der Waals surface area contributed by atoms with Gasteiger partial charge in [-0.15, -0.1) is 0 Å². The zero-order valence-corrected chi connectivity index (χ0v) is 9.44. The molecule has 0 saturated heterocycles. The molecule has 3 heteroatoms. The third-order valence-electron chi connectivity index (χ3n) is 1.84. The molecule has 0 amide bonds. The Labute approximate surface area is 86.0 Å². The molecule has 0 radical (unpaired) electrons. The molecule has 0 atom stereocenters. The fraction of sp³-hybridized carbons (Fsp3) is 0.300. The molecule has 0 aliphatic rings. The molecule has 0 spiro atoms. The average molecular weight is 243 g/mol. The summed E-state index contributed by atoms with van der Waals surface area (Å²) in [5.74, 6) is 0.844. The first-order valence-corrected chi connectivity index (χ1v) is 4.70. The van der Waals surface area contributed by atoms with Gasteiger partial charge in [0.15, 0.2) is 5.78 Å². The van der Waals surface area contributed by atoms with Crippen molar-refractivity contribution in [3.8, 4) is 5.75 Å². The predicted octanol–water partition coefficient (Wildman–Crippen LogP) is 2.97. The normalized spacial score (nSPS) is 9.85. The maximum atomic E-state index is 11.1. The van der Waals surface area contributed by atoms with Crippen molar-refractivity contribution in [3.63, 3.8) is 0 Å². The molecule has 0 bridgehead atoms. The Bertz CT molecular complexity index is 322. The Balaban J connectivity index is 3.28. The number of Topliss-reactive ketones (excluding diaryl/α,β-unsaturated/α-hetero) is 1. The topological polar surface area (TPSA) is 26.3 Å². The van der Waals surface area contributed by atoms with Gasteiger partial charge in [-0.25, -0.2) is 0 Å². The minimum Gasteiger partial charge on any atom is -0.495 e. The van der Waals surface area contributed by atoms with Crippen molar-refractivity contribution >= 4 is 21.7 Å². The third kappa shape index (κ3) is 2.10. The van der Waals surface area contributed by atoms with Crippen molar-refractivity contribution in [2.24, 2.45) is 0 Å². The van der Waals surface area contributed by atoms with E-state index in [4.69, 9.17) is 4.74 Å². The van der Waals surface area contributed by atoms with Crippen LogP contribution in [0.15, 0.2) is 16.6 Å². The van der Waals surface area contributed by atoms with Crippen LogP contribution in [0.25, 0.3) is 0 Å². The lowest BCUT2D eigenvalue weighted by Gasteiger charge is -2.08. The second-order valence-corrected chi connectivity index (χ2v) is 3.72. The molecule has 0 aromatic heterocycles. The zero-order valence-electron chi connectivity index (χ0n) is 7.85. The van der Waals surface area contributed by atoms with Gasteiger partial charge in [0.05, 0.1) is 11.6 Å². The van der Waals surface area contributed by atoms with E-state index in [2.05, 4.69) is 15.9 Å². The molecule has 0 aliphatic carbocycles. The van der Waals surface area contributed by atoms with Crippen molar-refractivity contribution < 1.29 is 9.53 Å². The summed E-state index contributed by atoms with van der Waals surface area (Å²) in [4.78, 5) is 11.1. The lowest BCUT2D eigenvalue weighted by molar-refractivity contribution is 0.101. The van der Waals surface area contributed by atoms with Gasteiger partial charge in [0.1, 0.15) is 5.75 Å². The molecule has 1 aromatic carbocycles. The minimum atomic E-state index is 0.0615. The first-order chi connectivity index (χ1) is 6.06. The van der Waals surface area contributed by atoms with Gasteiger partial charge < -0.3 is 4.74 Å². The molecule has 0 heterocycles. The zero-order chi connectivity index (χ0) is 10.0. The van der Waals surface area contributed by atoms with Gasteiger partial charge in [0.25, 0.3) is 0 Å². The highest BCUT2D eigenvalue weighted by molar-refractivity contribution is 9.10. The summed E-state index contributed by atoms with van der Waals surface area (Å²) >= 11 is 3.35. The second kappa shape index (κ2) is 3.92. The number of rotatable bonds is 2. The molecule has 2 nitrogen and oxygen atoms in total. The Hall–Kier alpha value is -0.830. The summed E-state index contributed by atoms with van der Waals surface area (Å²) in [6, 6.07) is 3.60. The second-order valence-electron chi connectivity index (χ2n) is 2.86. The number of methoxy groups -OCH3 is 1. The van der Waals surface area contributed by atoms with E-state index in [1.165, 1.54) is 0 Å². The monoisotopic (exact) mass is 242 g/mol. The Morgan fingerprint density at radius 2 is 2.08 bits per heavy atom. The summed E-state index contributed by atoms with van der Waals surface area (Å²) in [5.41, 5.74) is 1.66. The molecule has 0 saturated carbocycles. The number of hydrogen-bond donors (Lipinski definition) is 0. The highest BCUT2D eigenvalue weighted by Gasteiger charge is 2.08. The summed E-state index contributed by atoms with van der Waals surface area (Å²) in [5, 5.41) is 0. The fourth-order valence-electron chi connectivity index (χ4n) is 1.19. The van der Waals surface area contributed by atoms with Gasteiger partial charge >= 0.3 is 0 Å². The van der Waals surface area contributed by atoms with Crippen molar-refractivity contribution in [1.29, 1.82) is 0 Å². The van der Waals surface area contributed by atoms with E-state index in [9.17, 15) is 4.79 Å². The summed E-state index contributed by atoms with van der Waals surface area (Å²) < 4.78 is 5.97. The van der Waals surface area contributed by atoms with Gasteiger partial charge in [0.2, 0.25) is 0 Å². The Kier molecular flexibility index (Phi) is 3.09. The van der Waals surface area contributed by atoms with Crippen LogP contribution in [0.4, 0.5) is 0 Å². The fourth-order valence-corrected chi connectivity index (χ4v) is 1.91. The van der Waals surface area contributed by atoms with E-state index >= 15 is 0 Å². The van der Waals surface area contributed by atoms with Crippen LogP contribution < -0.4 is 4.74 Å². The van der Waals surface area contributed by atoms with Crippen LogP contribution >= 0.6 is 15.9 Å². The standard InChI is InChI=1S/C10H11BrO2/c1-6-4-8(7(2)12)5-9(11)10(6)13-3/h4-5H,1-3H3. The molecular formula is C10H11BrO2. The minimum absolute atomic E-state index is 0.0615. The molecule has 0 fully saturated rings. The van der Waals surface area contributed by atoms with Crippen LogP contribution in [0.3, 0.4) is 0 Å². The quantitative estimate of drug-likeness (QED) is 0.746. The molecule has 70 valence electrons. The number of hydrogen-bond acceptors (Lipinski definition) is 2. The maximum Gasteiger partial charge on any atom is 0.159 e. The van der Waals surface area contributed by atoms with E-state index in [1.807, 2.05) is 13.0 Å². The Morgan fingerprint density at radius 1 is 1.46 bits per heavy atom. The summed E-state index contributed by atoms with van der Waals surface area (Å²) in [6.45, 7) is 3.46. The SMILES string of the molecule is COc1c(C)cc(C(C)=O)cc1Br. The van der Waals surface area contributed by atoms with Crippen LogP contribution in [-0.4, -0.2) is 12.9 Å². The largest absolute Gasteiger partial charge is 0.495 e. The van der Waals surface area contributed by atoms with Crippen molar-refractivity contribution in [3.05, 3.63) is 27.7 Å². The Morgan fingerprint density at radius 3 is 2.46 bits per heavy atom. The molecule has 0 aliphatic heterocycles. The molecular weight excluding hydrogens is 232 g/mol. The highest BCUT2D eigenvalue weighted by atomic mass is 79.9. The number of carbonyl (C=O) groups excluding carboxylic acids is 1. The van der Waals surface area contributed by atoms with E-state index in [0.717, 1.165) is 15.8 Å². The number of benzene rings is 1. The van der Waals surface area contributed by atoms with E-state index in [-0.39, 0.29) is 5.78 Å². The molecule has 13 heavy (non-hydrogen) atoms. The first-order valence-electron chi connectivity index (χ1n) is 3.91. The van der Waals surface area contributed by atoms with Crippen LogP contribution in [0, 0.1) is 6.92 Å². The van der Waals surface area contributed by atoms with Crippen molar-refractivity contribution in [1.82, 2.24) is 0 Å². The number of aryl methyl sites for hydroxylation is 1. The van der Waals surface area contributed by atoms with Gasteiger partial charge in [-0.1, -0.05) is 0 Å². The average Bonchev–Trinajstić information content (AvgIpc) is 2.03. The summed E-state index contributed by atoms with van der Waals surface area (Å²) in [7, 11) is 1.61. The molecule has 0 N–H and O–H groups in total. The van der Waals surface area contributed by atoms with Crippen molar-refractivity contribution in [2.45, 2.75) is 13.8 Å².